The van der Waals surface area contributed by atoms with Crippen LogP contribution < -0.4 is 5.32 Å². The molecule has 0 saturated carbocycles. The molecule has 1 aromatic carbocycles. The Labute approximate surface area is 150 Å². The Hall–Kier alpha value is -2.45. The second-order valence-electron chi connectivity index (χ2n) is 5.16. The number of aryl methyl sites for hydroxylation is 1. The van der Waals surface area contributed by atoms with E-state index in [2.05, 4.69) is 19.7 Å². The van der Waals surface area contributed by atoms with E-state index in [-0.39, 0.29) is 10.8 Å². The van der Waals surface area contributed by atoms with Crippen LogP contribution in [0.5, 0.6) is 0 Å². The first kappa shape index (κ1) is 17.4. The van der Waals surface area contributed by atoms with E-state index in [1.807, 2.05) is 0 Å². The molecule has 2 heterocycles. The summed E-state index contributed by atoms with van der Waals surface area (Å²) in [5.41, 5.74) is 1.66. The number of carbonyl (C=O) groups excluding carboxylic acids is 1. The molecule has 0 unspecified atom stereocenters. The zero-order chi connectivity index (χ0) is 18.0. The molecule has 25 heavy (non-hydrogen) atoms. The lowest BCUT2D eigenvalue weighted by molar-refractivity contribution is 0.102. The highest BCUT2D eigenvalue weighted by Crippen LogP contribution is 2.23. The van der Waals surface area contributed by atoms with Crippen molar-refractivity contribution in [3.8, 4) is 0 Å². The second kappa shape index (κ2) is 7.20. The molecule has 0 aliphatic heterocycles. The van der Waals surface area contributed by atoms with Crippen molar-refractivity contribution in [3.05, 3.63) is 69.2 Å². The molecule has 0 fully saturated rings. The monoisotopic (exact) mass is 380 g/mol. The first-order valence-corrected chi connectivity index (χ1v) is 8.27. The number of nitrogens with zero attached hydrogens (tertiary/aromatic N) is 3. The molecule has 0 atom stereocenters. The quantitative estimate of drug-likeness (QED) is 0.742. The van der Waals surface area contributed by atoms with E-state index in [0.717, 1.165) is 12.1 Å². The summed E-state index contributed by atoms with van der Waals surface area (Å²) in [6.45, 7) is 1.70. The maximum Gasteiger partial charge on any atom is 0.258 e. The molecule has 3 aromatic rings. The molecule has 0 radical (unpaired) electrons. The third kappa shape index (κ3) is 3.97. The molecule has 2 aromatic heterocycles. The van der Waals surface area contributed by atoms with Gasteiger partial charge in [-0.3, -0.25) is 9.78 Å². The first-order valence-electron chi connectivity index (χ1n) is 7.12. The normalized spacial score (nSPS) is 10.7. The maximum atomic E-state index is 13.3. The second-order valence-corrected chi connectivity index (χ2v) is 6.40. The number of hydrogen-bond donors (Lipinski definition) is 1. The summed E-state index contributed by atoms with van der Waals surface area (Å²) in [7, 11) is 0. The molecule has 3 rings (SSSR count). The first-order chi connectivity index (χ1) is 11.9. The standard InChI is InChI=1S/C16H11ClF2N4OS/c1-8-15(16(24)22-9-2-3-11(18)12(19)4-9)13(25-23-8)5-10-6-20-7-14(17)21-10/h2-4,6-7H,5H2,1H3,(H,22,24). The van der Waals surface area contributed by atoms with Crippen LogP contribution in [-0.4, -0.2) is 20.2 Å². The number of amides is 1. The van der Waals surface area contributed by atoms with Gasteiger partial charge in [-0.05, 0) is 30.6 Å². The summed E-state index contributed by atoms with van der Waals surface area (Å²) in [6.07, 6.45) is 3.30. The fourth-order valence-electron chi connectivity index (χ4n) is 2.23. The van der Waals surface area contributed by atoms with Gasteiger partial charge in [0, 0.05) is 29.2 Å². The Morgan fingerprint density at radius 1 is 1.28 bits per heavy atom. The molecular weight excluding hydrogens is 370 g/mol. The summed E-state index contributed by atoms with van der Waals surface area (Å²) >= 11 is 6.99. The van der Waals surface area contributed by atoms with Crippen LogP contribution in [0.25, 0.3) is 0 Å². The van der Waals surface area contributed by atoms with Gasteiger partial charge in [0.25, 0.3) is 5.91 Å². The highest BCUT2D eigenvalue weighted by Gasteiger charge is 2.20. The molecule has 0 aliphatic carbocycles. The summed E-state index contributed by atoms with van der Waals surface area (Å²) in [6, 6.07) is 3.16. The molecule has 5 nitrogen and oxygen atoms in total. The van der Waals surface area contributed by atoms with Gasteiger partial charge in [-0.1, -0.05) is 11.6 Å². The van der Waals surface area contributed by atoms with Crippen molar-refractivity contribution in [2.24, 2.45) is 0 Å². The fourth-order valence-corrected chi connectivity index (χ4v) is 3.27. The smallest absolute Gasteiger partial charge is 0.258 e. The average Bonchev–Trinajstić information content (AvgIpc) is 2.91. The van der Waals surface area contributed by atoms with Gasteiger partial charge in [0.05, 0.1) is 23.1 Å². The number of nitrogens with one attached hydrogen (secondary N) is 1. The Morgan fingerprint density at radius 3 is 2.80 bits per heavy atom. The van der Waals surface area contributed by atoms with Crippen molar-refractivity contribution in [2.45, 2.75) is 13.3 Å². The van der Waals surface area contributed by atoms with Crippen LogP contribution in [0.1, 0.15) is 26.6 Å². The average molecular weight is 381 g/mol. The SMILES string of the molecule is Cc1nsc(Cc2cncc(Cl)n2)c1C(=O)Nc1ccc(F)c(F)c1. The largest absolute Gasteiger partial charge is 0.322 e. The van der Waals surface area contributed by atoms with Crippen LogP contribution in [0.4, 0.5) is 14.5 Å². The third-order valence-corrected chi connectivity index (χ3v) is 4.45. The zero-order valence-corrected chi connectivity index (χ0v) is 14.5. The maximum absolute atomic E-state index is 13.3. The van der Waals surface area contributed by atoms with Crippen LogP contribution >= 0.6 is 23.1 Å². The molecular formula is C16H11ClF2N4OS. The van der Waals surface area contributed by atoms with E-state index in [4.69, 9.17) is 11.6 Å². The van der Waals surface area contributed by atoms with Crippen molar-refractivity contribution in [1.29, 1.82) is 0 Å². The topological polar surface area (TPSA) is 67.8 Å². The number of carbonyl (C=O) groups is 1. The predicted octanol–water partition coefficient (Wildman–Crippen LogP) is 4.02. The molecule has 0 saturated heterocycles. The van der Waals surface area contributed by atoms with Crippen LogP contribution in [0.2, 0.25) is 5.15 Å². The summed E-state index contributed by atoms with van der Waals surface area (Å²) in [5.74, 6) is -2.47. The van der Waals surface area contributed by atoms with Gasteiger partial charge in [0.2, 0.25) is 0 Å². The minimum absolute atomic E-state index is 0.156. The number of hydrogen-bond acceptors (Lipinski definition) is 5. The van der Waals surface area contributed by atoms with Crippen LogP contribution in [0.3, 0.4) is 0 Å². The molecule has 0 spiro atoms. The molecule has 0 aliphatic rings. The molecule has 9 heteroatoms. The van der Waals surface area contributed by atoms with Gasteiger partial charge in [-0.2, -0.15) is 4.37 Å². The fraction of sp³-hybridized carbons (Fsp3) is 0.125. The molecule has 0 bridgehead atoms. The summed E-state index contributed by atoms with van der Waals surface area (Å²) in [4.78, 5) is 21.3. The van der Waals surface area contributed by atoms with E-state index >= 15 is 0 Å². The van der Waals surface area contributed by atoms with E-state index in [1.54, 1.807) is 13.1 Å². The van der Waals surface area contributed by atoms with Crippen molar-refractivity contribution in [2.75, 3.05) is 5.32 Å². The van der Waals surface area contributed by atoms with Gasteiger partial charge in [0.1, 0.15) is 5.15 Å². The minimum Gasteiger partial charge on any atom is -0.322 e. The van der Waals surface area contributed by atoms with E-state index in [0.29, 0.717) is 28.2 Å². The van der Waals surface area contributed by atoms with Gasteiger partial charge >= 0.3 is 0 Å². The van der Waals surface area contributed by atoms with Crippen LogP contribution in [0, 0.1) is 18.6 Å². The van der Waals surface area contributed by atoms with Crippen molar-refractivity contribution < 1.29 is 13.6 Å². The van der Waals surface area contributed by atoms with Crippen LogP contribution in [0.15, 0.2) is 30.6 Å². The molecule has 1 amide bonds. The van der Waals surface area contributed by atoms with Gasteiger partial charge in [0.15, 0.2) is 11.6 Å². The zero-order valence-electron chi connectivity index (χ0n) is 12.9. The van der Waals surface area contributed by atoms with Gasteiger partial charge < -0.3 is 5.32 Å². The number of benzene rings is 1. The molecule has 128 valence electrons. The third-order valence-electron chi connectivity index (χ3n) is 3.33. The number of rotatable bonds is 4. The van der Waals surface area contributed by atoms with E-state index in [1.165, 1.54) is 23.8 Å². The van der Waals surface area contributed by atoms with Gasteiger partial charge in [-0.15, -0.1) is 0 Å². The van der Waals surface area contributed by atoms with Crippen molar-refractivity contribution >= 4 is 34.7 Å². The number of anilines is 1. The lowest BCUT2D eigenvalue weighted by Crippen LogP contribution is -2.15. The lowest BCUT2D eigenvalue weighted by Gasteiger charge is -2.07. The predicted molar refractivity (Wildman–Crippen MR) is 91.0 cm³/mol. The Bertz CT molecular complexity index is 948. The minimum atomic E-state index is -1.03. The number of aromatic nitrogens is 3. The molecule has 1 N–H and O–H groups in total. The van der Waals surface area contributed by atoms with Crippen molar-refractivity contribution in [1.82, 2.24) is 14.3 Å². The Balaban J connectivity index is 1.85. The van der Waals surface area contributed by atoms with Gasteiger partial charge in [-0.25, -0.2) is 13.8 Å². The Morgan fingerprint density at radius 2 is 2.08 bits per heavy atom. The van der Waals surface area contributed by atoms with Crippen molar-refractivity contribution in [3.63, 3.8) is 0 Å². The summed E-state index contributed by atoms with van der Waals surface area (Å²) < 4.78 is 30.5. The van der Waals surface area contributed by atoms with Crippen LogP contribution in [-0.2, 0) is 6.42 Å². The lowest BCUT2D eigenvalue weighted by atomic mass is 10.1. The highest BCUT2D eigenvalue weighted by atomic mass is 35.5. The number of halogens is 3. The summed E-state index contributed by atoms with van der Waals surface area (Å²) in [5, 5.41) is 2.81. The van der Waals surface area contributed by atoms with E-state index in [9.17, 15) is 13.6 Å². The Kier molecular flexibility index (Phi) is 5.00. The highest BCUT2D eigenvalue weighted by molar-refractivity contribution is 7.06. The van der Waals surface area contributed by atoms with E-state index < -0.39 is 17.5 Å².